The molecule has 4 heterocycles. The van der Waals surface area contributed by atoms with Gasteiger partial charge in [0.15, 0.2) is 0 Å². The number of thiophene rings is 2. The second kappa shape index (κ2) is 16.6. The molecule has 3 aliphatic carbocycles. The zero-order valence-electron chi connectivity index (χ0n) is 46.2. The van der Waals surface area contributed by atoms with Crippen molar-refractivity contribution < 1.29 is 0 Å². The van der Waals surface area contributed by atoms with Gasteiger partial charge in [-0.15, -0.1) is 22.7 Å². The van der Waals surface area contributed by atoms with Crippen LogP contribution >= 0.6 is 22.7 Å². The molecule has 0 bridgehead atoms. The topological polar surface area (TPSA) is 9.86 Å². The molecule has 4 heteroatoms. The van der Waals surface area contributed by atoms with Crippen molar-refractivity contribution >= 4 is 66.3 Å². The Morgan fingerprint density at radius 2 is 0.556 bits per heavy atom. The first-order valence-corrected chi connectivity index (χ1v) is 30.1. The normalized spacial score (nSPS) is 14.8. The molecule has 17 rings (SSSR count). The van der Waals surface area contributed by atoms with Gasteiger partial charge < -0.3 is 9.13 Å². The maximum Gasteiger partial charge on any atom is 0.0541 e. The Balaban J connectivity index is 0.659. The van der Waals surface area contributed by atoms with Crippen LogP contribution < -0.4 is 0 Å². The van der Waals surface area contributed by atoms with Gasteiger partial charge in [-0.1, -0.05) is 175 Å². The molecule has 0 atom stereocenters. The SMILES string of the molecule is CC1(C)c2cc(-c3ccc(-c4ccc5c(c4)c4ccccc4n5-c4ccc5c(c4)C(C)(C)c4ccccc4-5)s3)ccc2-c2ccc(-c3ccc(-c4ccc5c(c4)c4ccccc4n5-c4ccc5c(c4)C(C)(C)c4ccccc4-5)s3)cc21. The predicted molar refractivity (Wildman–Crippen MR) is 345 cm³/mol. The van der Waals surface area contributed by atoms with Gasteiger partial charge in [-0.2, -0.15) is 0 Å². The summed E-state index contributed by atoms with van der Waals surface area (Å²) < 4.78 is 4.94. The maximum atomic E-state index is 2.47. The second-order valence-electron chi connectivity index (χ2n) is 24.4. The average molecular weight is 1070 g/mol. The van der Waals surface area contributed by atoms with Gasteiger partial charge in [0.25, 0.3) is 0 Å². The molecule has 0 amide bonds. The average Bonchev–Trinajstić information content (AvgIpc) is 3.50. The monoisotopic (exact) mass is 1070 g/mol. The fourth-order valence-corrected chi connectivity index (χ4v) is 16.8. The summed E-state index contributed by atoms with van der Waals surface area (Å²) in [4.78, 5) is 5.14. The lowest BCUT2D eigenvalue weighted by molar-refractivity contribution is 0.660. The van der Waals surface area contributed by atoms with Crippen LogP contribution in [0.15, 0.2) is 231 Å². The molecular formula is C77H56N2S2. The number of aromatic nitrogens is 2. The first-order chi connectivity index (χ1) is 39.4. The van der Waals surface area contributed by atoms with Crippen molar-refractivity contribution in [1.29, 1.82) is 0 Å². The van der Waals surface area contributed by atoms with Gasteiger partial charge in [0, 0.05) is 68.7 Å². The fourth-order valence-electron chi connectivity index (χ4n) is 14.8. The molecule has 14 aromatic rings. The van der Waals surface area contributed by atoms with Crippen molar-refractivity contribution in [3.63, 3.8) is 0 Å². The molecular weight excluding hydrogens is 1020 g/mol. The molecule has 0 aliphatic heterocycles. The molecule has 0 saturated carbocycles. The molecule has 0 saturated heterocycles. The van der Waals surface area contributed by atoms with Crippen LogP contribution in [0.2, 0.25) is 0 Å². The summed E-state index contributed by atoms with van der Waals surface area (Å²) in [7, 11) is 0. The Kier molecular flexibility index (Phi) is 9.67. The third-order valence-corrected chi connectivity index (χ3v) is 21.4. The molecule has 3 aliphatic rings. The van der Waals surface area contributed by atoms with Gasteiger partial charge in [0.2, 0.25) is 0 Å². The molecule has 0 radical (unpaired) electrons. The summed E-state index contributed by atoms with van der Waals surface area (Å²) in [6, 6.07) is 87.6. The van der Waals surface area contributed by atoms with Gasteiger partial charge in [0.05, 0.1) is 22.1 Å². The van der Waals surface area contributed by atoms with Crippen molar-refractivity contribution in [3.8, 4) is 86.5 Å². The molecule has 0 unspecified atom stereocenters. The highest BCUT2D eigenvalue weighted by molar-refractivity contribution is 7.19. The van der Waals surface area contributed by atoms with E-state index < -0.39 is 0 Å². The summed E-state index contributed by atoms with van der Waals surface area (Å²) in [5.74, 6) is 0. The lowest BCUT2D eigenvalue weighted by Gasteiger charge is -2.22. The van der Waals surface area contributed by atoms with Crippen molar-refractivity contribution in [2.24, 2.45) is 0 Å². The van der Waals surface area contributed by atoms with Crippen LogP contribution in [0.3, 0.4) is 0 Å². The minimum atomic E-state index is -0.160. The summed E-state index contributed by atoms with van der Waals surface area (Å²) in [6.45, 7) is 14.3. The predicted octanol–water partition coefficient (Wildman–Crippen LogP) is 21.6. The highest BCUT2D eigenvalue weighted by atomic mass is 32.1. The summed E-state index contributed by atoms with van der Waals surface area (Å²) in [6.07, 6.45) is 0. The molecule has 0 fully saturated rings. The van der Waals surface area contributed by atoms with Crippen LogP contribution in [0.25, 0.3) is 130 Å². The second-order valence-corrected chi connectivity index (χ2v) is 26.6. The van der Waals surface area contributed by atoms with Crippen LogP contribution in [-0.2, 0) is 16.2 Å². The number of benzene rings is 10. The Bertz CT molecular complexity index is 4720. The summed E-state index contributed by atoms with van der Waals surface area (Å²) >= 11 is 3.78. The highest BCUT2D eigenvalue weighted by Crippen LogP contribution is 2.54. The summed E-state index contributed by atoms with van der Waals surface area (Å²) in [5, 5.41) is 5.11. The van der Waals surface area contributed by atoms with Gasteiger partial charge in [0.1, 0.15) is 0 Å². The number of rotatable bonds is 6. The number of fused-ring (bicyclic) bond motifs is 15. The van der Waals surface area contributed by atoms with Crippen molar-refractivity contribution in [3.05, 3.63) is 264 Å². The van der Waals surface area contributed by atoms with Crippen LogP contribution in [0.5, 0.6) is 0 Å². The smallest absolute Gasteiger partial charge is 0.0541 e. The summed E-state index contributed by atoms with van der Waals surface area (Å²) in [5.41, 5.74) is 28.5. The Morgan fingerprint density at radius 3 is 0.988 bits per heavy atom. The van der Waals surface area contributed by atoms with E-state index in [1.54, 1.807) is 0 Å². The molecule has 2 nitrogen and oxygen atoms in total. The number of hydrogen-bond acceptors (Lipinski definition) is 2. The van der Waals surface area contributed by atoms with E-state index in [1.165, 1.54) is 164 Å². The van der Waals surface area contributed by atoms with E-state index in [0.717, 1.165) is 0 Å². The van der Waals surface area contributed by atoms with Gasteiger partial charge in [-0.25, -0.2) is 0 Å². The van der Waals surface area contributed by atoms with Crippen LogP contribution in [0, 0.1) is 0 Å². The van der Waals surface area contributed by atoms with Gasteiger partial charge in [-0.3, -0.25) is 0 Å². The minimum Gasteiger partial charge on any atom is -0.309 e. The van der Waals surface area contributed by atoms with E-state index in [0.29, 0.717) is 0 Å². The highest BCUT2D eigenvalue weighted by Gasteiger charge is 2.38. The molecule has 386 valence electrons. The lowest BCUT2D eigenvalue weighted by atomic mass is 9.81. The quantitative estimate of drug-likeness (QED) is 0.157. The molecule has 4 aromatic heterocycles. The third kappa shape index (κ3) is 6.61. The lowest BCUT2D eigenvalue weighted by Crippen LogP contribution is -2.15. The third-order valence-electron chi connectivity index (χ3n) is 19.0. The van der Waals surface area contributed by atoms with Crippen LogP contribution in [0.1, 0.15) is 74.9 Å². The maximum absolute atomic E-state index is 2.47. The van der Waals surface area contributed by atoms with E-state index in [9.17, 15) is 0 Å². The zero-order chi connectivity index (χ0) is 54.3. The molecule has 0 spiro atoms. The first-order valence-electron chi connectivity index (χ1n) is 28.5. The van der Waals surface area contributed by atoms with E-state index in [1.807, 2.05) is 22.7 Å². The van der Waals surface area contributed by atoms with Crippen molar-refractivity contribution in [1.82, 2.24) is 9.13 Å². The fraction of sp³-hybridized carbons (Fsp3) is 0.117. The van der Waals surface area contributed by atoms with Gasteiger partial charge in [-0.05, 0) is 186 Å². The Labute approximate surface area is 480 Å². The Morgan fingerprint density at radius 1 is 0.247 bits per heavy atom. The van der Waals surface area contributed by atoms with E-state index >= 15 is 0 Å². The van der Waals surface area contributed by atoms with Gasteiger partial charge >= 0.3 is 0 Å². The minimum absolute atomic E-state index is 0.0649. The van der Waals surface area contributed by atoms with E-state index in [2.05, 4.69) is 281 Å². The Hall–Kier alpha value is -8.80. The zero-order valence-corrected chi connectivity index (χ0v) is 47.8. The number of nitrogens with zero attached hydrogens (tertiary/aromatic N) is 2. The van der Waals surface area contributed by atoms with Crippen molar-refractivity contribution in [2.75, 3.05) is 0 Å². The van der Waals surface area contributed by atoms with Crippen LogP contribution in [0.4, 0.5) is 0 Å². The van der Waals surface area contributed by atoms with E-state index in [4.69, 9.17) is 0 Å². The largest absolute Gasteiger partial charge is 0.309 e. The standard InChI is InChI=1S/C77H56N2S2/c1-75(2)61-19-11-7-15-51(61)55-31-27-49(43-65(55)75)78-67-21-13-9-17-57(67)59-39-45(25-33-69(59)78)71-35-37-73(80-71)47-23-29-53-54-30-24-48(42-64(54)77(5,6)63(53)41-47)74-38-36-72(81-74)46-26-34-70-60(40-46)58-18-10-14-22-68(58)79(70)50-28-32-56-52-16-8-12-20-62(52)76(3,4)66(56)44-50/h7-44H,1-6H3. The molecule has 10 aromatic carbocycles. The van der Waals surface area contributed by atoms with Crippen molar-refractivity contribution in [2.45, 2.75) is 57.8 Å². The molecule has 0 N–H and O–H groups in total. The number of para-hydroxylation sites is 2. The molecule has 81 heavy (non-hydrogen) atoms. The van der Waals surface area contributed by atoms with Crippen LogP contribution in [-0.4, -0.2) is 9.13 Å². The first kappa shape index (κ1) is 47.1. The number of hydrogen-bond donors (Lipinski definition) is 0. The van der Waals surface area contributed by atoms with E-state index in [-0.39, 0.29) is 16.2 Å².